The van der Waals surface area contributed by atoms with Crippen LogP contribution in [0.1, 0.15) is 18.2 Å². The van der Waals surface area contributed by atoms with Crippen LogP contribution in [0.2, 0.25) is 0 Å². The fourth-order valence-corrected chi connectivity index (χ4v) is 4.16. The summed E-state index contributed by atoms with van der Waals surface area (Å²) in [6, 6.07) is 15.3. The monoisotopic (exact) mass is 486 g/mol. The quantitative estimate of drug-likeness (QED) is 0.284. The van der Waals surface area contributed by atoms with Crippen molar-refractivity contribution in [3.05, 3.63) is 82.0 Å². The van der Waals surface area contributed by atoms with Gasteiger partial charge in [0.05, 0.1) is 29.2 Å². The first-order valence-electron chi connectivity index (χ1n) is 11.3. The summed E-state index contributed by atoms with van der Waals surface area (Å²) < 4.78 is 20.6. The van der Waals surface area contributed by atoms with Crippen molar-refractivity contribution in [1.82, 2.24) is 25.5 Å². The van der Waals surface area contributed by atoms with Crippen LogP contribution in [0.4, 0.5) is 15.1 Å². The van der Waals surface area contributed by atoms with Gasteiger partial charge in [-0.1, -0.05) is 24.3 Å². The number of aromatic amines is 2. The maximum atomic E-state index is 15.1. The molecule has 0 radical (unpaired) electrons. The number of aromatic nitrogens is 4. The number of hydrogen-bond donors (Lipinski definition) is 4. The summed E-state index contributed by atoms with van der Waals surface area (Å²) in [5, 5.41) is 13.1. The lowest BCUT2D eigenvalue weighted by Crippen LogP contribution is -2.28. The van der Waals surface area contributed by atoms with Gasteiger partial charge in [0, 0.05) is 30.0 Å². The third-order valence-corrected chi connectivity index (χ3v) is 5.86. The molecule has 0 atom stereocenters. The minimum Gasteiger partial charge on any atom is -0.496 e. The second kappa shape index (κ2) is 9.49. The lowest BCUT2D eigenvalue weighted by atomic mass is 9.97. The smallest absolute Gasteiger partial charge is 0.321 e. The molecule has 2 heterocycles. The van der Waals surface area contributed by atoms with E-state index in [1.165, 1.54) is 13.2 Å². The Morgan fingerprint density at radius 1 is 1.11 bits per heavy atom. The number of rotatable bonds is 6. The van der Waals surface area contributed by atoms with Gasteiger partial charge in [0.1, 0.15) is 11.6 Å². The number of halogens is 1. The molecule has 9 nitrogen and oxygen atoms in total. The SMILES string of the molecule is CCNC(=O)Nc1nc2cc(-c3cc(Cc4n[nH]c(=O)c5ccccc45)c(F)cc3OC)ccc2[nH]1. The Balaban J connectivity index is 1.54. The van der Waals surface area contributed by atoms with E-state index in [4.69, 9.17) is 4.74 Å². The molecule has 5 aromatic rings. The van der Waals surface area contributed by atoms with Crippen molar-refractivity contribution in [2.45, 2.75) is 13.3 Å². The molecule has 3 aromatic carbocycles. The first-order chi connectivity index (χ1) is 17.5. The van der Waals surface area contributed by atoms with E-state index in [1.807, 2.05) is 31.2 Å². The predicted octanol–water partition coefficient (Wildman–Crippen LogP) is 4.35. The number of urea groups is 1. The van der Waals surface area contributed by atoms with Crippen LogP contribution < -0.4 is 20.9 Å². The first kappa shape index (κ1) is 23.0. The van der Waals surface area contributed by atoms with Crippen LogP contribution in [0, 0.1) is 5.82 Å². The van der Waals surface area contributed by atoms with Gasteiger partial charge in [-0.3, -0.25) is 10.1 Å². The topological polar surface area (TPSA) is 125 Å². The Kier molecular flexibility index (Phi) is 6.07. The molecule has 0 spiro atoms. The number of nitrogens with zero attached hydrogens (tertiary/aromatic N) is 2. The summed E-state index contributed by atoms with van der Waals surface area (Å²) in [4.78, 5) is 31.4. The Morgan fingerprint density at radius 2 is 1.92 bits per heavy atom. The maximum Gasteiger partial charge on any atom is 0.321 e. The number of hydrogen-bond acceptors (Lipinski definition) is 5. The van der Waals surface area contributed by atoms with Gasteiger partial charge in [-0.05, 0) is 42.3 Å². The van der Waals surface area contributed by atoms with Gasteiger partial charge in [0.25, 0.3) is 5.56 Å². The van der Waals surface area contributed by atoms with E-state index in [2.05, 4.69) is 30.8 Å². The lowest BCUT2D eigenvalue weighted by molar-refractivity contribution is 0.252. The molecule has 0 aliphatic heterocycles. The Bertz CT molecular complexity index is 1660. The van der Waals surface area contributed by atoms with Gasteiger partial charge in [-0.15, -0.1) is 0 Å². The van der Waals surface area contributed by atoms with Crippen LogP contribution >= 0.6 is 0 Å². The Labute approximate surface area is 204 Å². The number of benzene rings is 3. The molecule has 2 aromatic heterocycles. The van der Waals surface area contributed by atoms with Crippen LogP contribution in [-0.2, 0) is 6.42 Å². The van der Waals surface area contributed by atoms with Gasteiger partial charge < -0.3 is 15.0 Å². The molecule has 0 fully saturated rings. The molecule has 0 aliphatic carbocycles. The van der Waals surface area contributed by atoms with Crippen molar-refractivity contribution in [3.8, 4) is 16.9 Å². The molecule has 182 valence electrons. The van der Waals surface area contributed by atoms with Crippen molar-refractivity contribution in [1.29, 1.82) is 0 Å². The number of nitrogens with one attached hydrogen (secondary N) is 4. The van der Waals surface area contributed by atoms with E-state index in [0.717, 1.165) is 11.1 Å². The third-order valence-electron chi connectivity index (χ3n) is 5.86. The van der Waals surface area contributed by atoms with Crippen LogP contribution in [-0.4, -0.2) is 39.9 Å². The molecule has 0 unspecified atom stereocenters. The summed E-state index contributed by atoms with van der Waals surface area (Å²) in [7, 11) is 1.48. The third kappa shape index (κ3) is 4.36. The van der Waals surface area contributed by atoms with Gasteiger partial charge in [0.15, 0.2) is 0 Å². The number of fused-ring (bicyclic) bond motifs is 2. The molecular weight excluding hydrogens is 463 g/mol. The number of carbonyl (C=O) groups is 1. The zero-order valence-electron chi connectivity index (χ0n) is 19.6. The normalized spacial score (nSPS) is 11.1. The molecule has 10 heteroatoms. The molecule has 36 heavy (non-hydrogen) atoms. The highest BCUT2D eigenvalue weighted by Crippen LogP contribution is 2.35. The highest BCUT2D eigenvalue weighted by atomic mass is 19.1. The van der Waals surface area contributed by atoms with Crippen LogP contribution in [0.3, 0.4) is 0 Å². The molecule has 0 aliphatic rings. The van der Waals surface area contributed by atoms with E-state index in [0.29, 0.717) is 51.4 Å². The molecule has 0 saturated heterocycles. The fraction of sp³-hybridized carbons (Fsp3) is 0.154. The fourth-order valence-electron chi connectivity index (χ4n) is 4.16. The summed E-state index contributed by atoms with van der Waals surface area (Å²) >= 11 is 0. The van der Waals surface area contributed by atoms with Gasteiger partial charge >= 0.3 is 6.03 Å². The minimum atomic E-state index is -0.443. The Hall–Kier alpha value is -4.73. The molecule has 5 rings (SSSR count). The van der Waals surface area contributed by atoms with Crippen LogP contribution in [0.25, 0.3) is 32.9 Å². The number of amides is 2. The zero-order chi connectivity index (χ0) is 25.2. The molecule has 4 N–H and O–H groups in total. The number of anilines is 1. The summed E-state index contributed by atoms with van der Waals surface area (Å²) in [5.74, 6) is 0.240. The highest BCUT2D eigenvalue weighted by molar-refractivity contribution is 5.91. The van der Waals surface area contributed by atoms with Crippen LogP contribution in [0.5, 0.6) is 5.75 Å². The van der Waals surface area contributed by atoms with Gasteiger partial charge in [0.2, 0.25) is 5.95 Å². The summed E-state index contributed by atoms with van der Waals surface area (Å²) in [5.41, 5.74) is 3.46. The number of carbonyl (C=O) groups excluding carboxylic acids is 1. The maximum absolute atomic E-state index is 15.1. The summed E-state index contributed by atoms with van der Waals surface area (Å²) in [6.07, 6.45) is 0.172. The van der Waals surface area contributed by atoms with Crippen molar-refractivity contribution in [2.75, 3.05) is 19.0 Å². The second-order valence-corrected chi connectivity index (χ2v) is 8.17. The van der Waals surface area contributed by atoms with Crippen molar-refractivity contribution < 1.29 is 13.9 Å². The first-order valence-corrected chi connectivity index (χ1v) is 11.3. The van der Waals surface area contributed by atoms with E-state index < -0.39 is 5.82 Å². The standard InChI is InChI=1S/C26H23FN6O3/c1-3-28-26(35)31-25-29-20-9-8-14(11-22(20)30-25)18-10-15(19(27)13-23(18)36-2)12-21-16-6-4-5-7-17(16)24(34)33-32-21/h4-11,13H,3,12H2,1-2H3,(H,33,34)(H3,28,29,30,31,35). The van der Waals surface area contributed by atoms with E-state index >= 15 is 4.39 Å². The van der Waals surface area contributed by atoms with Gasteiger partial charge in [-0.25, -0.2) is 19.3 Å². The number of imidazole rings is 1. The highest BCUT2D eigenvalue weighted by Gasteiger charge is 2.16. The molecule has 2 amide bonds. The second-order valence-electron chi connectivity index (χ2n) is 8.17. The molecule has 0 saturated carbocycles. The van der Waals surface area contributed by atoms with E-state index in [-0.39, 0.29) is 18.0 Å². The molecular formula is C26H23FN6O3. The van der Waals surface area contributed by atoms with Crippen molar-refractivity contribution in [2.24, 2.45) is 0 Å². The van der Waals surface area contributed by atoms with Crippen molar-refractivity contribution in [3.63, 3.8) is 0 Å². The number of methoxy groups -OCH3 is 1. The van der Waals surface area contributed by atoms with Crippen molar-refractivity contribution >= 4 is 33.8 Å². The Morgan fingerprint density at radius 3 is 2.69 bits per heavy atom. The largest absolute Gasteiger partial charge is 0.496 e. The van der Waals surface area contributed by atoms with Crippen LogP contribution in [0.15, 0.2) is 59.4 Å². The number of H-pyrrole nitrogens is 2. The number of ether oxygens (including phenoxy) is 1. The van der Waals surface area contributed by atoms with Gasteiger partial charge in [-0.2, -0.15) is 5.10 Å². The average molecular weight is 487 g/mol. The lowest BCUT2D eigenvalue weighted by Gasteiger charge is -2.13. The average Bonchev–Trinajstić information content (AvgIpc) is 3.28. The minimum absolute atomic E-state index is 0.172. The van der Waals surface area contributed by atoms with E-state index in [1.54, 1.807) is 24.3 Å². The summed E-state index contributed by atoms with van der Waals surface area (Å²) in [6.45, 7) is 2.32. The predicted molar refractivity (Wildman–Crippen MR) is 136 cm³/mol. The van der Waals surface area contributed by atoms with E-state index in [9.17, 15) is 9.59 Å². The molecule has 0 bridgehead atoms. The zero-order valence-corrected chi connectivity index (χ0v) is 19.6.